The van der Waals surface area contributed by atoms with Gasteiger partial charge in [0.15, 0.2) is 5.52 Å². The topological polar surface area (TPSA) is 116 Å². The molecule has 0 fully saturated rings. The van der Waals surface area contributed by atoms with Gasteiger partial charge in [0.2, 0.25) is 5.91 Å². The minimum atomic E-state index is -0.522. The summed E-state index contributed by atoms with van der Waals surface area (Å²) in [7, 11) is 1.54. The summed E-state index contributed by atoms with van der Waals surface area (Å²) in [5.74, 6) is -0.456. The molecular weight excluding hydrogens is 282 g/mol. The second-order valence-electron chi connectivity index (χ2n) is 4.61. The summed E-state index contributed by atoms with van der Waals surface area (Å²) in [5.41, 5.74) is 4.84. The van der Waals surface area contributed by atoms with Crippen molar-refractivity contribution in [3.05, 3.63) is 20.8 Å². The Labute approximate surface area is 118 Å². The smallest absolute Gasteiger partial charge is 0.328 e. The summed E-state index contributed by atoms with van der Waals surface area (Å²) in [6.07, 6.45) is 0. The zero-order chi connectivity index (χ0) is 15.0. The number of aromatic nitrogens is 4. The summed E-state index contributed by atoms with van der Waals surface area (Å²) in [5, 5.41) is 4.76. The summed E-state index contributed by atoms with van der Waals surface area (Å²) in [4.78, 5) is 36.8. The lowest BCUT2D eigenvalue weighted by atomic mass is 10.4. The lowest BCUT2D eigenvalue weighted by molar-refractivity contribution is -0.115. The second-order valence-corrected chi connectivity index (χ2v) is 5.58. The number of carbonyl (C=O) groups excluding carboxylic acids is 1. The second kappa shape index (κ2) is 5.16. The van der Waals surface area contributed by atoms with Crippen LogP contribution in [0.15, 0.2) is 14.6 Å². The highest BCUT2D eigenvalue weighted by Crippen LogP contribution is 2.25. The van der Waals surface area contributed by atoms with Gasteiger partial charge >= 0.3 is 5.69 Å². The summed E-state index contributed by atoms with van der Waals surface area (Å²) in [6.45, 7) is 3.75. The number of primary amides is 1. The van der Waals surface area contributed by atoms with Crippen LogP contribution in [0.25, 0.3) is 11.0 Å². The Balaban J connectivity index is 2.78. The zero-order valence-electron chi connectivity index (χ0n) is 11.3. The van der Waals surface area contributed by atoms with Crippen LogP contribution in [0.3, 0.4) is 0 Å². The van der Waals surface area contributed by atoms with Crippen LogP contribution in [-0.4, -0.2) is 31.0 Å². The predicted molar refractivity (Wildman–Crippen MR) is 75.9 cm³/mol. The van der Waals surface area contributed by atoms with Crippen molar-refractivity contribution in [3.63, 3.8) is 0 Å². The minimum Gasteiger partial charge on any atom is -0.369 e. The summed E-state index contributed by atoms with van der Waals surface area (Å²) < 4.78 is 2.85. The van der Waals surface area contributed by atoms with Gasteiger partial charge < -0.3 is 5.73 Å². The average Bonchev–Trinajstić information content (AvgIpc) is 2.73. The van der Waals surface area contributed by atoms with E-state index in [1.807, 2.05) is 13.8 Å². The van der Waals surface area contributed by atoms with Crippen LogP contribution < -0.4 is 17.0 Å². The largest absolute Gasteiger partial charge is 0.369 e. The van der Waals surface area contributed by atoms with Crippen molar-refractivity contribution in [1.82, 2.24) is 19.3 Å². The minimum absolute atomic E-state index is 0.0329. The number of thioether (sulfide) groups is 1. The van der Waals surface area contributed by atoms with Gasteiger partial charge in [0.1, 0.15) is 10.5 Å². The van der Waals surface area contributed by atoms with Gasteiger partial charge in [-0.3, -0.25) is 23.8 Å². The average molecular weight is 297 g/mol. The Bertz CT molecular complexity index is 786. The quantitative estimate of drug-likeness (QED) is 0.744. The first-order chi connectivity index (χ1) is 9.32. The molecule has 2 heterocycles. The van der Waals surface area contributed by atoms with Gasteiger partial charge in [-0.15, -0.1) is 0 Å². The van der Waals surface area contributed by atoms with Crippen molar-refractivity contribution in [2.75, 3.05) is 5.75 Å². The number of hydrogen-bond acceptors (Lipinski definition) is 5. The molecule has 0 unspecified atom stereocenters. The Hall–Kier alpha value is -2.03. The first kappa shape index (κ1) is 14.4. The third-order valence-electron chi connectivity index (χ3n) is 2.77. The normalized spacial score (nSPS) is 11.4. The molecule has 2 rings (SSSR count). The van der Waals surface area contributed by atoms with Crippen LogP contribution in [0.5, 0.6) is 0 Å². The molecule has 0 bridgehead atoms. The number of rotatable bonds is 4. The number of carbonyl (C=O) groups is 1. The molecule has 0 radical (unpaired) electrons. The van der Waals surface area contributed by atoms with E-state index in [4.69, 9.17) is 5.73 Å². The van der Waals surface area contributed by atoms with E-state index in [2.05, 4.69) is 10.1 Å². The number of fused-ring (bicyclic) bond motifs is 1. The van der Waals surface area contributed by atoms with Gasteiger partial charge in [0.05, 0.1) is 5.75 Å². The predicted octanol–water partition coefficient (Wildman–Crippen LogP) is -0.418. The number of hydrogen-bond donors (Lipinski definition) is 2. The highest BCUT2D eigenvalue weighted by atomic mass is 32.2. The molecule has 8 nitrogen and oxygen atoms in total. The van der Waals surface area contributed by atoms with Crippen molar-refractivity contribution in [2.24, 2.45) is 12.8 Å². The van der Waals surface area contributed by atoms with Gasteiger partial charge in [-0.2, -0.15) is 5.10 Å². The van der Waals surface area contributed by atoms with Gasteiger partial charge in [0, 0.05) is 13.1 Å². The van der Waals surface area contributed by atoms with E-state index >= 15 is 0 Å². The Kier molecular flexibility index (Phi) is 3.71. The van der Waals surface area contributed by atoms with Crippen LogP contribution >= 0.6 is 11.8 Å². The lowest BCUT2D eigenvalue weighted by Gasteiger charge is -2.06. The van der Waals surface area contributed by atoms with Crippen molar-refractivity contribution < 1.29 is 4.79 Å². The van der Waals surface area contributed by atoms with E-state index in [0.717, 1.165) is 11.8 Å². The van der Waals surface area contributed by atoms with E-state index in [-0.39, 0.29) is 11.8 Å². The number of amides is 1. The summed E-state index contributed by atoms with van der Waals surface area (Å²) in [6, 6.07) is -0.0565. The molecule has 0 spiro atoms. The molecule has 0 saturated heterocycles. The van der Waals surface area contributed by atoms with Crippen molar-refractivity contribution in [2.45, 2.75) is 24.9 Å². The molecule has 20 heavy (non-hydrogen) atoms. The van der Waals surface area contributed by atoms with Gasteiger partial charge in [0.25, 0.3) is 5.56 Å². The fourth-order valence-electron chi connectivity index (χ4n) is 1.87. The van der Waals surface area contributed by atoms with E-state index < -0.39 is 17.2 Å². The molecule has 0 saturated carbocycles. The molecule has 2 aromatic rings. The molecule has 108 valence electrons. The van der Waals surface area contributed by atoms with E-state index in [0.29, 0.717) is 16.1 Å². The monoisotopic (exact) mass is 297 g/mol. The van der Waals surface area contributed by atoms with Crippen molar-refractivity contribution in [3.8, 4) is 0 Å². The first-order valence-corrected chi connectivity index (χ1v) is 6.94. The summed E-state index contributed by atoms with van der Waals surface area (Å²) >= 11 is 1.11. The molecule has 0 aromatic carbocycles. The van der Waals surface area contributed by atoms with Crippen molar-refractivity contribution in [1.29, 1.82) is 0 Å². The number of nitrogens with zero attached hydrogens (tertiary/aromatic N) is 3. The van der Waals surface area contributed by atoms with Gasteiger partial charge in [-0.05, 0) is 13.8 Å². The van der Waals surface area contributed by atoms with E-state index in [1.165, 1.54) is 9.25 Å². The SMILES string of the molecule is CC(C)n1nc(SCC(N)=O)c2c1c(=O)[nH]c(=O)n2C. The molecule has 9 heteroatoms. The number of nitrogens with two attached hydrogens (primary N) is 1. The lowest BCUT2D eigenvalue weighted by Crippen LogP contribution is -2.29. The molecule has 0 aliphatic rings. The highest BCUT2D eigenvalue weighted by molar-refractivity contribution is 8.00. The Morgan fingerprint density at radius 2 is 2.05 bits per heavy atom. The zero-order valence-corrected chi connectivity index (χ0v) is 12.2. The van der Waals surface area contributed by atoms with Crippen LogP contribution in [0.1, 0.15) is 19.9 Å². The standard InChI is InChI=1S/C11H15N5O3S/c1-5(2)16-7-8(10(14-16)20-4-6(12)17)15(3)11(19)13-9(7)18/h5H,4H2,1-3H3,(H2,12,17)(H,13,18,19). The third-order valence-corrected chi connectivity index (χ3v) is 3.75. The molecular formula is C11H15N5O3S. The fraction of sp³-hybridized carbons (Fsp3) is 0.455. The van der Waals surface area contributed by atoms with E-state index in [9.17, 15) is 14.4 Å². The maximum Gasteiger partial charge on any atom is 0.328 e. The van der Waals surface area contributed by atoms with Crippen molar-refractivity contribution >= 4 is 28.7 Å². The van der Waals surface area contributed by atoms with Gasteiger partial charge in [-0.1, -0.05) is 11.8 Å². The molecule has 0 aliphatic carbocycles. The van der Waals surface area contributed by atoms with Crippen LogP contribution in [-0.2, 0) is 11.8 Å². The molecule has 0 atom stereocenters. The number of nitrogens with one attached hydrogen (secondary N) is 1. The fourth-order valence-corrected chi connectivity index (χ4v) is 2.67. The number of aromatic amines is 1. The molecule has 2 aromatic heterocycles. The van der Waals surface area contributed by atoms with Crippen LogP contribution in [0, 0.1) is 0 Å². The number of H-pyrrole nitrogens is 1. The number of aryl methyl sites for hydroxylation is 1. The highest BCUT2D eigenvalue weighted by Gasteiger charge is 2.19. The van der Waals surface area contributed by atoms with E-state index in [1.54, 1.807) is 7.05 Å². The maximum absolute atomic E-state index is 12.0. The van der Waals surface area contributed by atoms with Crippen LogP contribution in [0.2, 0.25) is 0 Å². The maximum atomic E-state index is 12.0. The molecule has 3 N–H and O–H groups in total. The third kappa shape index (κ3) is 2.36. The Morgan fingerprint density at radius 3 is 2.60 bits per heavy atom. The Morgan fingerprint density at radius 1 is 1.40 bits per heavy atom. The van der Waals surface area contributed by atoms with Crippen LogP contribution in [0.4, 0.5) is 0 Å². The molecule has 1 amide bonds. The molecule has 0 aliphatic heterocycles. The first-order valence-electron chi connectivity index (χ1n) is 5.95. The van der Waals surface area contributed by atoms with Gasteiger partial charge in [-0.25, -0.2) is 4.79 Å².